The van der Waals surface area contributed by atoms with Crippen molar-refractivity contribution in [2.45, 2.75) is 33.3 Å². The number of fused-ring (bicyclic) bond motifs is 1. The topological polar surface area (TPSA) is 101 Å². The number of hydrogen-bond acceptors (Lipinski definition) is 5. The maximum absolute atomic E-state index is 11.7. The predicted molar refractivity (Wildman–Crippen MR) is 68.2 cm³/mol. The minimum Gasteiger partial charge on any atom is -0.444 e. The van der Waals surface area contributed by atoms with E-state index >= 15 is 0 Å². The molecule has 0 bridgehead atoms. The van der Waals surface area contributed by atoms with Crippen LogP contribution in [-0.2, 0) is 4.74 Å². The average Bonchev–Trinajstić information content (AvgIpc) is 2.66. The van der Waals surface area contributed by atoms with Gasteiger partial charge >= 0.3 is 11.8 Å². The zero-order chi connectivity index (χ0) is 14.2. The number of aryl methyl sites for hydroxylation is 1. The van der Waals surface area contributed by atoms with Crippen LogP contribution in [0.3, 0.4) is 0 Å². The summed E-state index contributed by atoms with van der Waals surface area (Å²) in [6.07, 6.45) is 0.839. The van der Waals surface area contributed by atoms with Crippen LogP contribution in [0.1, 0.15) is 26.3 Å². The number of nitrogens with one attached hydrogen (secondary N) is 2. The minimum atomic E-state index is -0.692. The van der Waals surface area contributed by atoms with Crippen molar-refractivity contribution >= 4 is 17.7 Å². The van der Waals surface area contributed by atoms with Crippen molar-refractivity contribution in [3.63, 3.8) is 0 Å². The summed E-state index contributed by atoms with van der Waals surface area (Å²) < 4.78 is 6.27. The van der Waals surface area contributed by atoms with E-state index in [1.807, 2.05) is 0 Å². The number of aromatic amines is 1. The van der Waals surface area contributed by atoms with Crippen molar-refractivity contribution in [2.75, 3.05) is 5.32 Å². The number of hydrogen-bond donors (Lipinski definition) is 2. The third-order valence-electron chi connectivity index (χ3n) is 2.24. The van der Waals surface area contributed by atoms with Gasteiger partial charge in [-0.25, -0.2) is 14.0 Å². The van der Waals surface area contributed by atoms with Crippen LogP contribution in [0.15, 0.2) is 11.0 Å². The number of nitrogens with zero attached hydrogens (tertiary/aromatic N) is 3. The predicted octanol–water partition coefficient (Wildman–Crippen LogP) is 1.07. The van der Waals surface area contributed by atoms with Crippen LogP contribution in [-0.4, -0.2) is 31.3 Å². The van der Waals surface area contributed by atoms with E-state index in [0.29, 0.717) is 5.65 Å². The molecule has 0 saturated heterocycles. The first-order valence-corrected chi connectivity index (χ1v) is 5.71. The van der Waals surface area contributed by atoms with E-state index in [0.717, 1.165) is 5.56 Å². The van der Waals surface area contributed by atoms with Gasteiger partial charge < -0.3 is 9.72 Å². The highest BCUT2D eigenvalue weighted by Crippen LogP contribution is 2.11. The van der Waals surface area contributed by atoms with Crippen molar-refractivity contribution in [2.24, 2.45) is 0 Å². The lowest BCUT2D eigenvalue weighted by molar-refractivity contribution is 0.0634. The third-order valence-corrected chi connectivity index (χ3v) is 2.24. The van der Waals surface area contributed by atoms with Gasteiger partial charge in [-0.15, -0.1) is 10.2 Å². The zero-order valence-corrected chi connectivity index (χ0v) is 11.1. The molecule has 0 aliphatic rings. The average molecular weight is 265 g/mol. The van der Waals surface area contributed by atoms with Crippen LogP contribution in [0.4, 0.5) is 10.7 Å². The number of H-pyrrole nitrogens is 1. The molecule has 0 radical (unpaired) electrons. The molecule has 0 fully saturated rings. The Kier molecular flexibility index (Phi) is 3.01. The Balaban J connectivity index is 2.35. The van der Waals surface area contributed by atoms with Crippen molar-refractivity contribution in [3.05, 3.63) is 22.2 Å². The number of carbonyl (C=O) groups is 1. The maximum Gasteiger partial charge on any atom is 0.414 e. The van der Waals surface area contributed by atoms with E-state index in [4.69, 9.17) is 4.74 Å². The number of rotatable bonds is 1. The fourth-order valence-electron chi connectivity index (χ4n) is 1.51. The van der Waals surface area contributed by atoms with Crippen molar-refractivity contribution in [1.82, 2.24) is 19.6 Å². The van der Waals surface area contributed by atoms with Crippen LogP contribution in [0, 0.1) is 6.92 Å². The lowest BCUT2D eigenvalue weighted by Gasteiger charge is -2.19. The van der Waals surface area contributed by atoms with Gasteiger partial charge in [0, 0.05) is 11.8 Å². The van der Waals surface area contributed by atoms with E-state index in [1.54, 1.807) is 27.7 Å². The molecule has 0 aliphatic heterocycles. The monoisotopic (exact) mass is 265 g/mol. The van der Waals surface area contributed by atoms with Crippen LogP contribution in [0.2, 0.25) is 0 Å². The highest BCUT2D eigenvalue weighted by Gasteiger charge is 2.19. The number of carbonyl (C=O) groups excluding carboxylic acids is 1. The zero-order valence-electron chi connectivity index (χ0n) is 11.1. The summed E-state index contributed by atoms with van der Waals surface area (Å²) in [6, 6.07) is 0. The molecule has 102 valence electrons. The summed E-state index contributed by atoms with van der Waals surface area (Å²) in [5.41, 5.74) is 0.0585. The Morgan fingerprint density at radius 2 is 2.11 bits per heavy atom. The van der Waals surface area contributed by atoms with Crippen LogP contribution in [0.5, 0.6) is 0 Å². The molecule has 0 saturated carbocycles. The first-order valence-electron chi connectivity index (χ1n) is 5.71. The van der Waals surface area contributed by atoms with E-state index in [9.17, 15) is 9.59 Å². The number of ether oxygens (including phenoxy) is 1. The molecule has 8 nitrogen and oxygen atoms in total. The SMILES string of the molecule is Cc1c[nH]c(=O)n2c(NC(=O)OC(C)(C)C)nnc12. The molecule has 0 aromatic carbocycles. The van der Waals surface area contributed by atoms with Gasteiger partial charge in [0.05, 0.1) is 0 Å². The molecule has 2 aromatic heterocycles. The second kappa shape index (κ2) is 4.38. The van der Waals surface area contributed by atoms with Gasteiger partial charge in [0.1, 0.15) is 5.60 Å². The molecule has 0 atom stereocenters. The summed E-state index contributed by atoms with van der Waals surface area (Å²) in [5.74, 6) is 0.0224. The van der Waals surface area contributed by atoms with Gasteiger partial charge in [-0.3, -0.25) is 5.32 Å². The molecular weight excluding hydrogens is 250 g/mol. The largest absolute Gasteiger partial charge is 0.444 e. The van der Waals surface area contributed by atoms with Crippen molar-refractivity contribution < 1.29 is 9.53 Å². The molecule has 0 unspecified atom stereocenters. The van der Waals surface area contributed by atoms with Gasteiger partial charge in [-0.05, 0) is 27.7 Å². The second-order valence-corrected chi connectivity index (χ2v) is 5.09. The molecule has 8 heteroatoms. The van der Waals surface area contributed by atoms with Crippen LogP contribution in [0.25, 0.3) is 5.65 Å². The van der Waals surface area contributed by atoms with Crippen LogP contribution >= 0.6 is 0 Å². The van der Waals surface area contributed by atoms with Crippen molar-refractivity contribution in [3.8, 4) is 0 Å². The summed E-state index contributed by atoms with van der Waals surface area (Å²) in [7, 11) is 0. The molecule has 1 amide bonds. The van der Waals surface area contributed by atoms with Gasteiger partial charge in [-0.1, -0.05) is 0 Å². The maximum atomic E-state index is 11.7. The summed E-state index contributed by atoms with van der Waals surface area (Å²) >= 11 is 0. The van der Waals surface area contributed by atoms with Gasteiger partial charge in [0.2, 0.25) is 5.95 Å². The van der Waals surface area contributed by atoms with Crippen LogP contribution < -0.4 is 11.0 Å². The Hall–Kier alpha value is -2.38. The minimum absolute atomic E-state index is 0.0224. The summed E-state index contributed by atoms with van der Waals surface area (Å²) in [4.78, 5) is 25.9. The molecule has 2 heterocycles. The van der Waals surface area contributed by atoms with Gasteiger partial charge in [0.15, 0.2) is 5.65 Å². The first kappa shape index (κ1) is 13.1. The van der Waals surface area contributed by atoms with Gasteiger partial charge in [0.25, 0.3) is 0 Å². The molecule has 2 aromatic rings. The Bertz CT molecular complexity index is 680. The molecular formula is C11H15N5O3. The first-order chi connectivity index (χ1) is 8.78. The molecule has 0 aliphatic carbocycles. The molecule has 19 heavy (non-hydrogen) atoms. The molecule has 0 spiro atoms. The lowest BCUT2D eigenvalue weighted by atomic mass is 10.2. The quantitative estimate of drug-likeness (QED) is 0.803. The number of amides is 1. The fraction of sp³-hybridized carbons (Fsp3) is 0.455. The van der Waals surface area contributed by atoms with E-state index < -0.39 is 17.4 Å². The lowest BCUT2D eigenvalue weighted by Crippen LogP contribution is -2.29. The Morgan fingerprint density at radius 3 is 2.74 bits per heavy atom. The molecule has 2 N–H and O–H groups in total. The third kappa shape index (κ3) is 2.72. The Labute approximate surface area is 108 Å². The van der Waals surface area contributed by atoms with E-state index in [-0.39, 0.29) is 5.95 Å². The number of anilines is 1. The van der Waals surface area contributed by atoms with E-state index in [1.165, 1.54) is 10.6 Å². The number of aromatic nitrogens is 4. The fourth-order valence-corrected chi connectivity index (χ4v) is 1.51. The molecule has 2 rings (SSSR count). The second-order valence-electron chi connectivity index (χ2n) is 5.09. The Morgan fingerprint density at radius 1 is 1.42 bits per heavy atom. The normalized spacial score (nSPS) is 11.6. The standard InChI is InChI=1S/C11H15N5O3/c1-6-5-12-9(17)16-7(6)14-15-8(16)13-10(18)19-11(2,3)4/h5H,1-4H3,(H,12,17)(H,13,15,18). The smallest absolute Gasteiger partial charge is 0.414 e. The van der Waals surface area contributed by atoms with Crippen molar-refractivity contribution in [1.29, 1.82) is 0 Å². The summed E-state index contributed by atoms with van der Waals surface area (Å²) in [6.45, 7) is 7.00. The van der Waals surface area contributed by atoms with E-state index in [2.05, 4.69) is 20.5 Å². The van der Waals surface area contributed by atoms with Gasteiger partial charge in [-0.2, -0.15) is 0 Å². The summed E-state index contributed by atoms with van der Waals surface area (Å²) in [5, 5.41) is 10.0. The highest BCUT2D eigenvalue weighted by atomic mass is 16.6. The highest BCUT2D eigenvalue weighted by molar-refractivity contribution is 5.83.